The molecule has 1 atom stereocenters. The number of nitriles is 1. The largest absolute Gasteiger partial charge is 0.396 e. The van der Waals surface area contributed by atoms with E-state index in [1.54, 1.807) is 29.2 Å². The van der Waals surface area contributed by atoms with E-state index in [0.717, 1.165) is 12.8 Å². The Morgan fingerprint density at radius 3 is 3.16 bits per heavy atom. The summed E-state index contributed by atoms with van der Waals surface area (Å²) in [6, 6.07) is 8.70. The molecule has 0 saturated carbocycles. The Labute approximate surface area is 112 Å². The number of hydrogen-bond acceptors (Lipinski definition) is 3. The first-order valence-electron chi connectivity index (χ1n) is 6.40. The van der Waals surface area contributed by atoms with Gasteiger partial charge in [-0.05, 0) is 37.0 Å². The van der Waals surface area contributed by atoms with Crippen molar-refractivity contribution in [1.82, 2.24) is 4.90 Å². The van der Waals surface area contributed by atoms with Crippen molar-refractivity contribution in [1.29, 1.82) is 5.26 Å². The van der Waals surface area contributed by atoms with Gasteiger partial charge in [0.25, 0.3) is 0 Å². The zero-order valence-corrected chi connectivity index (χ0v) is 10.7. The van der Waals surface area contributed by atoms with Crippen LogP contribution in [0.3, 0.4) is 0 Å². The molecule has 100 valence electrons. The first-order valence-corrected chi connectivity index (χ1v) is 6.40. The van der Waals surface area contributed by atoms with E-state index in [1.807, 2.05) is 6.07 Å². The topological polar surface area (TPSA) is 76.4 Å². The molecule has 2 amide bonds. The van der Waals surface area contributed by atoms with Gasteiger partial charge in [-0.25, -0.2) is 4.79 Å². The summed E-state index contributed by atoms with van der Waals surface area (Å²) in [6.07, 6.45) is 1.88. The SMILES string of the molecule is N#Cc1cccc(NC(=O)N2CCCC(CO)C2)c1. The van der Waals surface area contributed by atoms with E-state index in [4.69, 9.17) is 10.4 Å². The standard InChI is InChI=1S/C14H17N3O2/c15-8-11-3-1-5-13(7-11)16-14(19)17-6-2-4-12(9-17)10-18/h1,3,5,7,12,18H,2,4,6,9-10H2,(H,16,19). The first-order chi connectivity index (χ1) is 9.22. The summed E-state index contributed by atoms with van der Waals surface area (Å²) in [6.45, 7) is 1.41. The molecule has 5 heteroatoms. The summed E-state index contributed by atoms with van der Waals surface area (Å²) in [5, 5.41) is 20.8. The Hall–Kier alpha value is -2.06. The molecule has 0 aromatic heterocycles. The molecule has 1 aliphatic rings. The van der Waals surface area contributed by atoms with Crippen LogP contribution in [0.5, 0.6) is 0 Å². The van der Waals surface area contributed by atoms with Crippen LogP contribution in [-0.4, -0.2) is 35.7 Å². The summed E-state index contributed by atoms with van der Waals surface area (Å²) in [4.78, 5) is 13.8. The average Bonchev–Trinajstić information content (AvgIpc) is 2.47. The number of piperidine rings is 1. The minimum atomic E-state index is -0.173. The zero-order chi connectivity index (χ0) is 13.7. The molecular formula is C14H17N3O2. The molecule has 1 aromatic rings. The summed E-state index contributed by atoms with van der Waals surface area (Å²) in [7, 11) is 0. The maximum atomic E-state index is 12.1. The fraction of sp³-hybridized carbons (Fsp3) is 0.429. The highest BCUT2D eigenvalue weighted by atomic mass is 16.3. The number of anilines is 1. The molecule has 1 heterocycles. The molecule has 1 aromatic carbocycles. The van der Waals surface area contributed by atoms with Crippen LogP contribution in [0.25, 0.3) is 0 Å². The van der Waals surface area contributed by atoms with Crippen LogP contribution in [0, 0.1) is 17.2 Å². The second-order valence-electron chi connectivity index (χ2n) is 4.76. The second kappa shape index (κ2) is 6.21. The number of likely N-dealkylation sites (tertiary alicyclic amines) is 1. The van der Waals surface area contributed by atoms with E-state index >= 15 is 0 Å². The van der Waals surface area contributed by atoms with Gasteiger partial charge in [-0.1, -0.05) is 6.07 Å². The maximum absolute atomic E-state index is 12.1. The smallest absolute Gasteiger partial charge is 0.321 e. The predicted octanol–water partition coefficient (Wildman–Crippen LogP) is 1.79. The number of aliphatic hydroxyl groups is 1. The minimum absolute atomic E-state index is 0.119. The van der Waals surface area contributed by atoms with Crippen LogP contribution in [0.4, 0.5) is 10.5 Å². The molecule has 0 bridgehead atoms. The van der Waals surface area contributed by atoms with Gasteiger partial charge >= 0.3 is 6.03 Å². The number of urea groups is 1. The first kappa shape index (κ1) is 13.4. The molecule has 0 radical (unpaired) electrons. The molecule has 2 rings (SSSR count). The fourth-order valence-corrected chi connectivity index (χ4v) is 2.27. The summed E-state index contributed by atoms with van der Waals surface area (Å²) in [5.41, 5.74) is 1.14. The molecule has 2 N–H and O–H groups in total. The van der Waals surface area contributed by atoms with Crippen LogP contribution >= 0.6 is 0 Å². The number of hydrogen-bond donors (Lipinski definition) is 2. The summed E-state index contributed by atoms with van der Waals surface area (Å²) >= 11 is 0. The van der Waals surface area contributed by atoms with Gasteiger partial charge in [0.2, 0.25) is 0 Å². The van der Waals surface area contributed by atoms with Gasteiger partial charge in [0.15, 0.2) is 0 Å². The van der Waals surface area contributed by atoms with Crippen molar-refractivity contribution in [2.24, 2.45) is 5.92 Å². The van der Waals surface area contributed by atoms with E-state index in [-0.39, 0.29) is 18.6 Å². The van der Waals surface area contributed by atoms with Gasteiger partial charge in [0.1, 0.15) is 0 Å². The van der Waals surface area contributed by atoms with Crippen LogP contribution < -0.4 is 5.32 Å². The van der Waals surface area contributed by atoms with Gasteiger partial charge in [0, 0.05) is 25.4 Å². The highest BCUT2D eigenvalue weighted by Crippen LogP contribution is 2.17. The third-order valence-electron chi connectivity index (χ3n) is 3.31. The van der Waals surface area contributed by atoms with Crippen molar-refractivity contribution in [2.45, 2.75) is 12.8 Å². The number of benzene rings is 1. The third-order valence-corrected chi connectivity index (χ3v) is 3.31. The van der Waals surface area contributed by atoms with Gasteiger partial charge in [-0.3, -0.25) is 0 Å². The van der Waals surface area contributed by atoms with Gasteiger partial charge in [0.05, 0.1) is 11.6 Å². The molecular weight excluding hydrogens is 242 g/mol. The lowest BCUT2D eigenvalue weighted by molar-refractivity contribution is 0.136. The fourth-order valence-electron chi connectivity index (χ4n) is 2.27. The van der Waals surface area contributed by atoms with Crippen molar-refractivity contribution in [2.75, 3.05) is 25.0 Å². The van der Waals surface area contributed by atoms with E-state index < -0.39 is 0 Å². The van der Waals surface area contributed by atoms with Crippen molar-refractivity contribution < 1.29 is 9.90 Å². The zero-order valence-electron chi connectivity index (χ0n) is 10.7. The van der Waals surface area contributed by atoms with Crippen LogP contribution in [-0.2, 0) is 0 Å². The number of amides is 2. The molecule has 5 nitrogen and oxygen atoms in total. The van der Waals surface area contributed by atoms with Crippen LogP contribution in [0.1, 0.15) is 18.4 Å². The predicted molar refractivity (Wildman–Crippen MR) is 71.6 cm³/mol. The number of rotatable bonds is 2. The van der Waals surface area contributed by atoms with E-state index in [9.17, 15) is 4.79 Å². The van der Waals surface area contributed by atoms with Crippen molar-refractivity contribution >= 4 is 11.7 Å². The van der Waals surface area contributed by atoms with Crippen LogP contribution in [0.15, 0.2) is 24.3 Å². The van der Waals surface area contributed by atoms with Gasteiger partial charge in [-0.15, -0.1) is 0 Å². The molecule has 1 fully saturated rings. The lowest BCUT2D eigenvalue weighted by Crippen LogP contribution is -2.43. The lowest BCUT2D eigenvalue weighted by atomic mass is 9.99. The minimum Gasteiger partial charge on any atom is -0.396 e. The average molecular weight is 259 g/mol. The Bertz CT molecular complexity index is 496. The lowest BCUT2D eigenvalue weighted by Gasteiger charge is -2.31. The molecule has 1 aliphatic heterocycles. The number of nitrogens with zero attached hydrogens (tertiary/aromatic N) is 2. The summed E-state index contributed by atoms with van der Waals surface area (Å²) in [5.74, 6) is 0.171. The molecule has 19 heavy (non-hydrogen) atoms. The Balaban J connectivity index is 1.98. The van der Waals surface area contributed by atoms with E-state index in [1.165, 1.54) is 0 Å². The van der Waals surface area contributed by atoms with Crippen molar-refractivity contribution in [3.8, 4) is 6.07 Å². The monoisotopic (exact) mass is 259 g/mol. The van der Waals surface area contributed by atoms with E-state index in [2.05, 4.69) is 5.32 Å². The van der Waals surface area contributed by atoms with Crippen molar-refractivity contribution in [3.05, 3.63) is 29.8 Å². The Kier molecular flexibility index (Phi) is 4.37. The number of nitrogens with one attached hydrogen (secondary N) is 1. The van der Waals surface area contributed by atoms with E-state index in [0.29, 0.717) is 24.3 Å². The molecule has 1 saturated heterocycles. The highest BCUT2D eigenvalue weighted by molar-refractivity contribution is 5.89. The molecule has 1 unspecified atom stereocenters. The van der Waals surface area contributed by atoms with Gasteiger partial charge in [-0.2, -0.15) is 5.26 Å². The number of carbonyl (C=O) groups is 1. The normalized spacial score (nSPS) is 18.7. The summed E-state index contributed by atoms with van der Waals surface area (Å²) < 4.78 is 0. The van der Waals surface area contributed by atoms with Crippen molar-refractivity contribution in [3.63, 3.8) is 0 Å². The quantitative estimate of drug-likeness (QED) is 0.850. The molecule has 0 spiro atoms. The third kappa shape index (κ3) is 3.46. The second-order valence-corrected chi connectivity index (χ2v) is 4.76. The maximum Gasteiger partial charge on any atom is 0.321 e. The Morgan fingerprint density at radius 2 is 2.42 bits per heavy atom. The van der Waals surface area contributed by atoms with Gasteiger partial charge < -0.3 is 15.3 Å². The molecule has 0 aliphatic carbocycles. The number of carbonyl (C=O) groups excluding carboxylic acids is 1. The Morgan fingerprint density at radius 1 is 1.58 bits per heavy atom. The number of aliphatic hydroxyl groups excluding tert-OH is 1. The van der Waals surface area contributed by atoms with Crippen LogP contribution in [0.2, 0.25) is 0 Å². The highest BCUT2D eigenvalue weighted by Gasteiger charge is 2.23.